The van der Waals surface area contributed by atoms with Crippen LogP contribution in [0, 0.1) is 0 Å². The summed E-state index contributed by atoms with van der Waals surface area (Å²) in [5, 5.41) is 5.44. The molecule has 0 radical (unpaired) electrons. The minimum atomic E-state index is -0.503. The molecule has 4 amide bonds. The minimum Gasteiger partial charge on any atom is -0.445 e. The number of alkyl carbamates (subject to hydrolysis) is 1. The summed E-state index contributed by atoms with van der Waals surface area (Å²) >= 11 is 0. The molecule has 10 heteroatoms. The van der Waals surface area contributed by atoms with Crippen molar-refractivity contribution in [3.8, 4) is 0 Å². The second-order valence-electron chi connectivity index (χ2n) is 13.8. The summed E-state index contributed by atoms with van der Waals surface area (Å²) < 4.78 is 11.3. The summed E-state index contributed by atoms with van der Waals surface area (Å²) in [7, 11) is 0. The maximum atomic E-state index is 13.6. The number of carbonyl (C=O) groups is 4. The second-order valence-corrected chi connectivity index (χ2v) is 13.8. The molecule has 1 aliphatic carbocycles. The minimum absolute atomic E-state index is 0.0732. The maximum Gasteiger partial charge on any atom is 0.410 e. The number of piperidine rings is 2. The number of benzene rings is 2. The number of nitrogens with zero attached hydrogens (tertiary/aromatic N) is 2. The number of imide groups is 1. The molecule has 0 spiro atoms. The first-order chi connectivity index (χ1) is 22.0. The summed E-state index contributed by atoms with van der Waals surface area (Å²) in [5.74, 6) is -0.835. The number of hydrogen-bond acceptors (Lipinski definition) is 7. The molecule has 2 N–H and O–H groups in total. The lowest BCUT2D eigenvalue weighted by Gasteiger charge is -2.43. The van der Waals surface area contributed by atoms with Crippen LogP contribution in [0.1, 0.15) is 94.7 Å². The van der Waals surface area contributed by atoms with Crippen LogP contribution in [-0.4, -0.2) is 70.6 Å². The van der Waals surface area contributed by atoms with Gasteiger partial charge in [-0.2, -0.15) is 0 Å². The molecule has 2 saturated heterocycles. The first-order valence-corrected chi connectivity index (χ1v) is 16.7. The maximum absolute atomic E-state index is 13.6. The number of amides is 4. The molecule has 2 aromatic rings. The third-order valence-electron chi connectivity index (χ3n) is 9.29. The lowest BCUT2D eigenvalue weighted by Crippen LogP contribution is -2.51. The standard InChI is InChI=1S/C36H48N4O6/c1-36(2,3)46-34(43)37-28-13-15-29(16-14-28)39-21-19-30(20-22-39)40(23-25-7-5-4-6-8-25)35(44)45-24-26-9-11-27(12-10-26)31-17-18-32(41)38-33(31)42/h4-12,28-31H,13-24H2,1-3H3,(H,37,43)(H,38,41,42). The zero-order chi connectivity index (χ0) is 32.7. The SMILES string of the molecule is CC(C)(C)OC(=O)NC1CCC(N2CCC(N(Cc3ccccc3)C(=O)OCc3ccc(C4CCC(=O)NC4=O)cc3)CC2)CC1. The normalized spacial score (nSPS) is 22.9. The molecular formula is C36H48N4O6. The Morgan fingerprint density at radius 1 is 0.891 bits per heavy atom. The Labute approximate surface area is 272 Å². The summed E-state index contributed by atoms with van der Waals surface area (Å²) in [6.45, 7) is 8.08. The largest absolute Gasteiger partial charge is 0.445 e. The average molecular weight is 633 g/mol. The Balaban J connectivity index is 1.13. The van der Waals surface area contributed by atoms with Crippen LogP contribution in [0.2, 0.25) is 0 Å². The van der Waals surface area contributed by atoms with E-state index in [1.807, 2.05) is 80.3 Å². The average Bonchev–Trinajstić information content (AvgIpc) is 3.03. The predicted octanol–water partition coefficient (Wildman–Crippen LogP) is 5.65. The van der Waals surface area contributed by atoms with Crippen LogP contribution >= 0.6 is 0 Å². The highest BCUT2D eigenvalue weighted by Gasteiger charge is 2.34. The van der Waals surface area contributed by atoms with E-state index >= 15 is 0 Å². The van der Waals surface area contributed by atoms with Crippen molar-refractivity contribution in [3.05, 3.63) is 71.3 Å². The molecule has 1 saturated carbocycles. The van der Waals surface area contributed by atoms with E-state index in [0.717, 1.165) is 68.3 Å². The van der Waals surface area contributed by atoms with E-state index in [2.05, 4.69) is 15.5 Å². The third-order valence-corrected chi connectivity index (χ3v) is 9.29. The van der Waals surface area contributed by atoms with Crippen LogP contribution in [-0.2, 0) is 32.2 Å². The van der Waals surface area contributed by atoms with E-state index in [1.165, 1.54) is 0 Å². The van der Waals surface area contributed by atoms with E-state index in [9.17, 15) is 19.2 Å². The van der Waals surface area contributed by atoms with Crippen LogP contribution in [0.3, 0.4) is 0 Å². The lowest BCUT2D eigenvalue weighted by atomic mass is 9.88. The molecule has 10 nitrogen and oxygen atoms in total. The quantitative estimate of drug-likeness (QED) is 0.362. The van der Waals surface area contributed by atoms with Gasteiger partial charge in [-0.25, -0.2) is 9.59 Å². The zero-order valence-corrected chi connectivity index (χ0v) is 27.3. The molecule has 0 aromatic heterocycles. The van der Waals surface area contributed by atoms with Crippen molar-refractivity contribution < 1.29 is 28.7 Å². The molecular weight excluding hydrogens is 584 g/mol. The van der Waals surface area contributed by atoms with Gasteiger partial charge in [0.2, 0.25) is 11.8 Å². The molecule has 46 heavy (non-hydrogen) atoms. The van der Waals surface area contributed by atoms with Crippen molar-refractivity contribution in [2.45, 2.75) is 115 Å². The van der Waals surface area contributed by atoms with Crippen molar-refractivity contribution >= 4 is 24.0 Å². The first-order valence-electron chi connectivity index (χ1n) is 16.7. The number of ether oxygens (including phenoxy) is 2. The van der Waals surface area contributed by atoms with Crippen molar-refractivity contribution in [1.29, 1.82) is 0 Å². The summed E-state index contributed by atoms with van der Waals surface area (Å²) in [5.41, 5.74) is 2.25. The van der Waals surface area contributed by atoms with Gasteiger partial charge in [0.1, 0.15) is 12.2 Å². The first kappa shape index (κ1) is 33.4. The summed E-state index contributed by atoms with van der Waals surface area (Å²) in [4.78, 5) is 53.9. The third kappa shape index (κ3) is 9.31. The topological polar surface area (TPSA) is 117 Å². The molecule has 1 atom stereocenters. The van der Waals surface area contributed by atoms with Gasteiger partial charge in [-0.3, -0.25) is 14.9 Å². The Hall–Kier alpha value is -3.92. The monoisotopic (exact) mass is 632 g/mol. The van der Waals surface area contributed by atoms with Gasteiger partial charge in [0.05, 0.1) is 5.92 Å². The zero-order valence-electron chi connectivity index (χ0n) is 27.3. The van der Waals surface area contributed by atoms with Gasteiger partial charge in [-0.1, -0.05) is 54.6 Å². The van der Waals surface area contributed by atoms with Gasteiger partial charge in [0.25, 0.3) is 0 Å². The van der Waals surface area contributed by atoms with E-state index in [1.54, 1.807) is 0 Å². The van der Waals surface area contributed by atoms with Gasteiger partial charge in [-0.05, 0) is 82.4 Å². The van der Waals surface area contributed by atoms with Gasteiger partial charge in [0.15, 0.2) is 0 Å². The number of hydrogen-bond donors (Lipinski definition) is 2. The highest BCUT2D eigenvalue weighted by Crippen LogP contribution is 2.29. The fourth-order valence-corrected chi connectivity index (χ4v) is 6.83. The molecule has 2 aliphatic heterocycles. The van der Waals surface area contributed by atoms with Crippen LogP contribution < -0.4 is 10.6 Å². The Morgan fingerprint density at radius 2 is 1.57 bits per heavy atom. The molecule has 248 valence electrons. The Kier molecular flexibility index (Phi) is 11.0. The van der Waals surface area contributed by atoms with E-state index in [4.69, 9.17) is 9.47 Å². The van der Waals surface area contributed by atoms with Gasteiger partial charge >= 0.3 is 12.2 Å². The highest BCUT2D eigenvalue weighted by molar-refractivity contribution is 6.00. The van der Waals surface area contributed by atoms with Gasteiger partial charge in [-0.15, -0.1) is 0 Å². The Bertz CT molecular complexity index is 1340. The van der Waals surface area contributed by atoms with Gasteiger partial charge in [0, 0.05) is 44.2 Å². The van der Waals surface area contributed by atoms with E-state index in [0.29, 0.717) is 25.4 Å². The van der Waals surface area contributed by atoms with Crippen LogP contribution in [0.15, 0.2) is 54.6 Å². The number of carbonyl (C=O) groups excluding carboxylic acids is 4. The smallest absolute Gasteiger partial charge is 0.410 e. The molecule has 1 unspecified atom stereocenters. The molecule has 0 bridgehead atoms. The summed E-state index contributed by atoms with van der Waals surface area (Å²) in [6, 6.07) is 18.2. The molecule has 5 rings (SSSR count). The molecule has 3 fully saturated rings. The van der Waals surface area contributed by atoms with Crippen molar-refractivity contribution in [2.75, 3.05) is 13.1 Å². The van der Waals surface area contributed by atoms with Crippen molar-refractivity contribution in [3.63, 3.8) is 0 Å². The van der Waals surface area contributed by atoms with Crippen molar-refractivity contribution in [1.82, 2.24) is 20.4 Å². The molecule has 2 aromatic carbocycles. The lowest BCUT2D eigenvalue weighted by molar-refractivity contribution is -0.134. The second kappa shape index (κ2) is 15.1. The molecule has 2 heterocycles. The fraction of sp³-hybridized carbons (Fsp3) is 0.556. The van der Waals surface area contributed by atoms with Crippen LogP contribution in [0.25, 0.3) is 0 Å². The highest BCUT2D eigenvalue weighted by atomic mass is 16.6. The predicted molar refractivity (Wildman–Crippen MR) is 174 cm³/mol. The van der Waals surface area contributed by atoms with Crippen LogP contribution in [0.4, 0.5) is 9.59 Å². The fourth-order valence-electron chi connectivity index (χ4n) is 6.83. The number of rotatable bonds is 8. The van der Waals surface area contributed by atoms with E-state index in [-0.39, 0.29) is 48.6 Å². The summed E-state index contributed by atoms with van der Waals surface area (Å²) in [6.07, 6.45) is 5.84. The van der Waals surface area contributed by atoms with Gasteiger partial charge < -0.3 is 24.6 Å². The van der Waals surface area contributed by atoms with Crippen molar-refractivity contribution in [2.24, 2.45) is 0 Å². The number of likely N-dealkylation sites (tertiary alicyclic amines) is 1. The molecule has 3 aliphatic rings. The number of nitrogens with one attached hydrogen (secondary N) is 2. The van der Waals surface area contributed by atoms with E-state index < -0.39 is 5.60 Å². The van der Waals surface area contributed by atoms with Crippen LogP contribution in [0.5, 0.6) is 0 Å². The Morgan fingerprint density at radius 3 is 2.20 bits per heavy atom.